The van der Waals surface area contributed by atoms with Gasteiger partial charge in [0.1, 0.15) is 0 Å². The zero-order chi connectivity index (χ0) is 18.3. The molecule has 0 atom stereocenters. The van der Waals surface area contributed by atoms with Crippen molar-refractivity contribution >= 4 is 51.2 Å². The topological polar surface area (TPSA) is 161 Å². The van der Waals surface area contributed by atoms with Crippen molar-refractivity contribution in [1.29, 1.82) is 0 Å². The minimum Gasteiger partial charge on any atom is -0.545 e. The van der Waals surface area contributed by atoms with Crippen molar-refractivity contribution < 1.29 is 39.6 Å². The Hall–Kier alpha value is -2.76. The van der Waals surface area contributed by atoms with Crippen LogP contribution in [0.4, 0.5) is 0 Å². The van der Waals surface area contributed by atoms with E-state index in [4.69, 9.17) is 0 Å². The van der Waals surface area contributed by atoms with Crippen molar-refractivity contribution in [2.24, 2.45) is 0 Å². The molecule has 0 amide bonds. The summed E-state index contributed by atoms with van der Waals surface area (Å²) in [6, 6.07) is 9.62. The fourth-order valence-corrected chi connectivity index (χ4v) is 1.55. The number of hydrogen-bond donors (Lipinski definition) is 0. The quantitative estimate of drug-likeness (QED) is 0.364. The van der Waals surface area contributed by atoms with Gasteiger partial charge >= 0.3 is 27.3 Å². The van der Waals surface area contributed by atoms with E-state index in [2.05, 4.69) is 0 Å². The van der Waals surface area contributed by atoms with E-state index in [0.29, 0.717) is 0 Å². The van der Waals surface area contributed by atoms with E-state index in [0.717, 1.165) is 12.1 Å². The van der Waals surface area contributed by atoms with Crippen LogP contribution in [0.2, 0.25) is 0 Å². The molecule has 0 aliphatic carbocycles. The van der Waals surface area contributed by atoms with E-state index < -0.39 is 23.9 Å². The molecule has 2 aromatic rings. The average Bonchev–Trinajstić information content (AvgIpc) is 2.55. The average molecular weight is 535 g/mol. The first-order chi connectivity index (χ1) is 11.2. The predicted octanol–water partition coefficient (Wildman–Crippen LogP) is -3.55. The molecule has 0 aromatic heterocycles. The van der Waals surface area contributed by atoms with E-state index in [1.165, 1.54) is 36.4 Å². The van der Waals surface area contributed by atoms with Crippen LogP contribution in [0.1, 0.15) is 41.4 Å². The number of carboxylic acids is 4. The second kappa shape index (κ2) is 10.2. The summed E-state index contributed by atoms with van der Waals surface area (Å²) in [4.78, 5) is 41.0. The van der Waals surface area contributed by atoms with Gasteiger partial charge in [-0.2, -0.15) is 0 Å². The molecule has 8 nitrogen and oxygen atoms in total. The molecule has 0 fully saturated rings. The number of carboxylic acid groups (broad SMARTS) is 4. The van der Waals surface area contributed by atoms with Crippen LogP contribution >= 0.6 is 0 Å². The van der Waals surface area contributed by atoms with Gasteiger partial charge in [-0.15, -0.1) is 0 Å². The number of carbonyl (C=O) groups is 4. The largest absolute Gasteiger partial charge is 4.00 e. The second-order valence-electron chi connectivity index (χ2n) is 4.31. The van der Waals surface area contributed by atoms with Crippen LogP contribution < -0.4 is 20.4 Å². The Morgan fingerprint density at radius 2 is 0.720 bits per heavy atom. The maximum Gasteiger partial charge on any atom is 4.00 e. The van der Waals surface area contributed by atoms with Crippen molar-refractivity contribution in [2.45, 2.75) is 0 Å². The molecule has 2 rings (SSSR count). The van der Waals surface area contributed by atoms with E-state index in [1.807, 2.05) is 0 Å². The van der Waals surface area contributed by atoms with Gasteiger partial charge in [0.15, 0.2) is 0 Å². The van der Waals surface area contributed by atoms with Gasteiger partial charge in [0.05, 0.1) is 23.9 Å². The van der Waals surface area contributed by atoms with Gasteiger partial charge in [-0.05, 0) is 34.4 Å². The molecule has 0 aliphatic rings. The van der Waals surface area contributed by atoms with Crippen LogP contribution in [0.15, 0.2) is 48.5 Å². The molecule has 2 aromatic carbocycles. The van der Waals surface area contributed by atoms with Gasteiger partial charge in [0.25, 0.3) is 0 Å². The van der Waals surface area contributed by atoms with Crippen LogP contribution in [0.5, 0.6) is 0 Å². The summed E-state index contributed by atoms with van der Waals surface area (Å²) in [5.41, 5.74) is -0.679. The van der Waals surface area contributed by atoms with Gasteiger partial charge in [-0.3, -0.25) is 0 Å². The molecule has 0 bridgehead atoms. The third kappa shape index (κ3) is 7.12. The van der Waals surface area contributed by atoms with E-state index >= 15 is 0 Å². The SMILES string of the molecule is O=C([O-])c1cccc(C(=O)[O-])c1.O=C([O-])c1cccc(C(=O)[O-])c1.[Pb+4]. The number of rotatable bonds is 4. The molecule has 0 saturated heterocycles. The smallest absolute Gasteiger partial charge is 0.545 e. The van der Waals surface area contributed by atoms with Crippen LogP contribution in [-0.4, -0.2) is 51.2 Å². The third-order valence-electron chi connectivity index (χ3n) is 2.67. The summed E-state index contributed by atoms with van der Waals surface area (Å²) in [7, 11) is 0. The zero-order valence-corrected chi connectivity index (χ0v) is 16.3. The molecule has 9 heteroatoms. The molecule has 25 heavy (non-hydrogen) atoms. The number of carbonyl (C=O) groups excluding carboxylic acids is 4. The minimum atomic E-state index is -1.40. The Morgan fingerprint density at radius 1 is 0.520 bits per heavy atom. The molecular formula is C16H8O8Pb. The maximum atomic E-state index is 10.3. The Balaban J connectivity index is 0.000000443. The Bertz CT molecular complexity index is 674. The number of hydrogen-bond acceptors (Lipinski definition) is 8. The van der Waals surface area contributed by atoms with E-state index in [-0.39, 0.29) is 49.6 Å². The van der Waals surface area contributed by atoms with E-state index in [9.17, 15) is 39.6 Å². The van der Waals surface area contributed by atoms with Crippen LogP contribution in [0.3, 0.4) is 0 Å². The molecule has 0 radical (unpaired) electrons. The summed E-state index contributed by atoms with van der Waals surface area (Å²) in [5, 5.41) is 41.0. The molecular weight excluding hydrogens is 527 g/mol. The fraction of sp³-hybridized carbons (Fsp3) is 0. The molecule has 0 spiro atoms. The van der Waals surface area contributed by atoms with Crippen molar-refractivity contribution in [1.82, 2.24) is 0 Å². The first kappa shape index (κ1) is 22.2. The minimum absolute atomic E-state index is 0. The van der Waals surface area contributed by atoms with Crippen molar-refractivity contribution in [3.05, 3.63) is 70.8 Å². The van der Waals surface area contributed by atoms with Crippen molar-refractivity contribution in [3.63, 3.8) is 0 Å². The van der Waals surface area contributed by atoms with Gasteiger partial charge in [0.2, 0.25) is 0 Å². The monoisotopic (exact) mass is 536 g/mol. The van der Waals surface area contributed by atoms with E-state index in [1.54, 1.807) is 0 Å². The van der Waals surface area contributed by atoms with Gasteiger partial charge < -0.3 is 39.6 Å². The molecule has 0 aliphatic heterocycles. The Labute approximate surface area is 161 Å². The number of benzene rings is 2. The van der Waals surface area contributed by atoms with Gasteiger partial charge in [0, 0.05) is 0 Å². The molecule has 0 N–H and O–H groups in total. The fourth-order valence-electron chi connectivity index (χ4n) is 1.55. The van der Waals surface area contributed by atoms with Crippen LogP contribution in [0.25, 0.3) is 0 Å². The summed E-state index contributed by atoms with van der Waals surface area (Å²) < 4.78 is 0. The first-order valence-corrected chi connectivity index (χ1v) is 6.28. The molecule has 0 heterocycles. The standard InChI is InChI=1S/2C8H6O4.Pb/c2*9-7(10)5-2-1-3-6(4-5)8(11)12;/h2*1-4H,(H,9,10)(H,11,12);/q;;+4/p-4. The summed E-state index contributed by atoms with van der Waals surface area (Å²) in [5.74, 6) is -5.62. The maximum absolute atomic E-state index is 10.3. The molecule has 0 saturated carbocycles. The van der Waals surface area contributed by atoms with Crippen LogP contribution in [-0.2, 0) is 0 Å². The summed E-state index contributed by atoms with van der Waals surface area (Å²) in [6.07, 6.45) is 0. The third-order valence-corrected chi connectivity index (χ3v) is 2.67. The Kier molecular flexibility index (Phi) is 9.06. The predicted molar refractivity (Wildman–Crippen MR) is 76.0 cm³/mol. The second-order valence-corrected chi connectivity index (χ2v) is 4.31. The van der Waals surface area contributed by atoms with Gasteiger partial charge in [-0.25, -0.2) is 0 Å². The van der Waals surface area contributed by atoms with Crippen molar-refractivity contribution in [3.8, 4) is 0 Å². The van der Waals surface area contributed by atoms with Crippen molar-refractivity contribution in [2.75, 3.05) is 0 Å². The van der Waals surface area contributed by atoms with Crippen LogP contribution in [0, 0.1) is 0 Å². The Morgan fingerprint density at radius 3 is 0.880 bits per heavy atom. The zero-order valence-electron chi connectivity index (χ0n) is 12.4. The molecule has 0 unspecified atom stereocenters. The summed E-state index contributed by atoms with van der Waals surface area (Å²) >= 11 is 0. The summed E-state index contributed by atoms with van der Waals surface area (Å²) in [6.45, 7) is 0. The van der Waals surface area contributed by atoms with Gasteiger partial charge in [-0.1, -0.05) is 36.4 Å². The first-order valence-electron chi connectivity index (χ1n) is 6.28. The molecule has 124 valence electrons. The number of aromatic carboxylic acids is 4. The normalized spacial score (nSPS) is 8.96.